The molecule has 1 saturated carbocycles. The zero-order valence-corrected chi connectivity index (χ0v) is 9.98. The molecular weight excluding hydrogens is 232 g/mol. The number of hydrogen-bond donors (Lipinski definition) is 3. The minimum absolute atomic E-state index is 0.00580. The van der Waals surface area contributed by atoms with Gasteiger partial charge in [-0.05, 0) is 36.5 Å². The lowest BCUT2D eigenvalue weighted by Crippen LogP contribution is -2.30. The average molecular weight is 248 g/mol. The van der Waals surface area contributed by atoms with E-state index in [9.17, 15) is 9.59 Å². The summed E-state index contributed by atoms with van der Waals surface area (Å²) in [6.07, 6.45) is 2.39. The maximum Gasteiger partial charge on any atom is 0.319 e. The van der Waals surface area contributed by atoms with Gasteiger partial charge < -0.3 is 15.7 Å². The topological polar surface area (TPSA) is 78.4 Å². The average Bonchev–Trinajstić information content (AvgIpc) is 3.12. The van der Waals surface area contributed by atoms with Crippen LogP contribution in [-0.2, 0) is 11.2 Å². The largest absolute Gasteiger partial charge is 0.481 e. The van der Waals surface area contributed by atoms with Gasteiger partial charge in [0, 0.05) is 12.2 Å². The molecule has 18 heavy (non-hydrogen) atoms. The molecule has 0 unspecified atom stereocenters. The molecule has 0 radical (unpaired) electrons. The highest BCUT2D eigenvalue weighted by Gasteiger charge is 2.21. The molecule has 0 spiro atoms. The summed E-state index contributed by atoms with van der Waals surface area (Å²) >= 11 is 0. The number of amides is 2. The lowest BCUT2D eigenvalue weighted by molar-refractivity contribution is -0.136. The molecule has 96 valence electrons. The number of carbonyl (C=O) groups is 2. The molecule has 0 heterocycles. The summed E-state index contributed by atoms with van der Waals surface area (Å²) in [5.41, 5.74) is 1.38. The zero-order chi connectivity index (χ0) is 13.0. The number of nitrogens with one attached hydrogen (secondary N) is 2. The monoisotopic (exact) mass is 248 g/mol. The zero-order valence-electron chi connectivity index (χ0n) is 9.98. The highest BCUT2D eigenvalue weighted by Crippen LogP contribution is 2.27. The summed E-state index contributed by atoms with van der Waals surface area (Å²) in [4.78, 5) is 22.0. The van der Waals surface area contributed by atoms with Crippen LogP contribution in [0.15, 0.2) is 24.3 Å². The summed E-state index contributed by atoms with van der Waals surface area (Å²) in [6, 6.07) is 6.59. The van der Waals surface area contributed by atoms with Crippen molar-refractivity contribution in [2.24, 2.45) is 5.92 Å². The summed E-state index contributed by atoms with van der Waals surface area (Å²) in [7, 11) is 0. The molecule has 3 N–H and O–H groups in total. The van der Waals surface area contributed by atoms with Crippen molar-refractivity contribution in [2.75, 3.05) is 11.9 Å². The van der Waals surface area contributed by atoms with E-state index in [1.54, 1.807) is 24.3 Å². The first kappa shape index (κ1) is 12.4. The van der Waals surface area contributed by atoms with E-state index in [-0.39, 0.29) is 12.5 Å². The predicted molar refractivity (Wildman–Crippen MR) is 67.5 cm³/mol. The Hall–Kier alpha value is -2.04. The van der Waals surface area contributed by atoms with Crippen LogP contribution in [-0.4, -0.2) is 23.7 Å². The van der Waals surface area contributed by atoms with E-state index >= 15 is 0 Å². The second-order valence-electron chi connectivity index (χ2n) is 4.55. The SMILES string of the molecule is O=C(O)Cc1ccc(NC(=O)NCC2CC2)cc1. The number of carboxylic acid groups (broad SMARTS) is 1. The first-order valence-electron chi connectivity index (χ1n) is 5.99. The molecule has 0 aromatic heterocycles. The fraction of sp³-hybridized carbons (Fsp3) is 0.385. The van der Waals surface area contributed by atoms with Crippen LogP contribution < -0.4 is 10.6 Å². The van der Waals surface area contributed by atoms with E-state index in [0.29, 0.717) is 17.2 Å². The molecule has 2 amide bonds. The van der Waals surface area contributed by atoms with Crippen molar-refractivity contribution >= 4 is 17.7 Å². The Balaban J connectivity index is 1.80. The second kappa shape index (κ2) is 5.53. The summed E-state index contributed by atoms with van der Waals surface area (Å²) in [5.74, 6) is -0.216. The molecule has 1 fully saturated rings. The van der Waals surface area contributed by atoms with Gasteiger partial charge in [0.25, 0.3) is 0 Å². The van der Waals surface area contributed by atoms with Crippen molar-refractivity contribution in [1.82, 2.24) is 5.32 Å². The minimum atomic E-state index is -0.863. The van der Waals surface area contributed by atoms with Crippen LogP contribution in [0.4, 0.5) is 10.5 Å². The van der Waals surface area contributed by atoms with Gasteiger partial charge in [0.05, 0.1) is 6.42 Å². The number of hydrogen-bond acceptors (Lipinski definition) is 2. The molecular formula is C13H16N2O3. The smallest absolute Gasteiger partial charge is 0.319 e. The Morgan fingerprint density at radius 1 is 1.22 bits per heavy atom. The Morgan fingerprint density at radius 3 is 2.44 bits per heavy atom. The third-order valence-electron chi connectivity index (χ3n) is 2.82. The van der Waals surface area contributed by atoms with Crippen LogP contribution >= 0.6 is 0 Å². The Kier molecular flexibility index (Phi) is 3.82. The van der Waals surface area contributed by atoms with Gasteiger partial charge in [-0.15, -0.1) is 0 Å². The molecule has 0 aliphatic heterocycles. The highest BCUT2D eigenvalue weighted by molar-refractivity contribution is 5.89. The van der Waals surface area contributed by atoms with Crippen LogP contribution in [0, 0.1) is 5.92 Å². The minimum Gasteiger partial charge on any atom is -0.481 e. The maximum atomic E-state index is 11.5. The fourth-order valence-corrected chi connectivity index (χ4v) is 1.61. The standard InChI is InChI=1S/C13H16N2O3/c16-12(17)7-9-3-5-11(6-4-9)15-13(18)14-8-10-1-2-10/h3-6,10H,1-2,7-8H2,(H,16,17)(H2,14,15,18). The van der Waals surface area contributed by atoms with Crippen LogP contribution in [0.25, 0.3) is 0 Å². The van der Waals surface area contributed by atoms with Crippen molar-refractivity contribution in [3.05, 3.63) is 29.8 Å². The number of aliphatic carboxylic acids is 1. The van der Waals surface area contributed by atoms with Gasteiger partial charge in [-0.2, -0.15) is 0 Å². The van der Waals surface area contributed by atoms with Gasteiger partial charge in [-0.3, -0.25) is 4.79 Å². The summed E-state index contributed by atoms with van der Waals surface area (Å²) in [5, 5.41) is 14.1. The molecule has 2 rings (SSSR count). The third-order valence-corrected chi connectivity index (χ3v) is 2.82. The van der Waals surface area contributed by atoms with E-state index in [0.717, 1.165) is 6.54 Å². The lowest BCUT2D eigenvalue weighted by Gasteiger charge is -2.07. The third kappa shape index (κ3) is 4.08. The number of urea groups is 1. The summed E-state index contributed by atoms with van der Waals surface area (Å²) < 4.78 is 0. The molecule has 1 aromatic carbocycles. The van der Waals surface area contributed by atoms with Gasteiger partial charge in [-0.25, -0.2) is 4.79 Å². The van der Waals surface area contributed by atoms with Crippen molar-refractivity contribution in [1.29, 1.82) is 0 Å². The Morgan fingerprint density at radius 2 is 1.89 bits per heavy atom. The van der Waals surface area contributed by atoms with Crippen molar-refractivity contribution in [3.8, 4) is 0 Å². The van der Waals surface area contributed by atoms with Gasteiger partial charge in [-0.1, -0.05) is 12.1 Å². The lowest BCUT2D eigenvalue weighted by atomic mass is 10.1. The second-order valence-corrected chi connectivity index (χ2v) is 4.55. The molecule has 5 nitrogen and oxygen atoms in total. The molecule has 0 saturated heterocycles. The molecule has 1 aliphatic rings. The first-order chi connectivity index (χ1) is 8.63. The summed E-state index contributed by atoms with van der Waals surface area (Å²) in [6.45, 7) is 0.725. The number of rotatable bonds is 5. The van der Waals surface area contributed by atoms with Crippen LogP contribution in [0.2, 0.25) is 0 Å². The Bertz CT molecular complexity index is 438. The molecule has 0 atom stereocenters. The van der Waals surface area contributed by atoms with E-state index in [2.05, 4.69) is 10.6 Å². The Labute approximate surface area is 105 Å². The van der Waals surface area contributed by atoms with Crippen LogP contribution in [0.5, 0.6) is 0 Å². The van der Waals surface area contributed by atoms with Gasteiger partial charge in [0.15, 0.2) is 0 Å². The van der Waals surface area contributed by atoms with Crippen molar-refractivity contribution < 1.29 is 14.7 Å². The quantitative estimate of drug-likeness (QED) is 0.744. The molecule has 1 aromatic rings. The highest BCUT2D eigenvalue weighted by atomic mass is 16.4. The number of anilines is 1. The maximum absolute atomic E-state index is 11.5. The van der Waals surface area contributed by atoms with E-state index in [4.69, 9.17) is 5.11 Å². The van der Waals surface area contributed by atoms with Gasteiger partial charge >= 0.3 is 12.0 Å². The van der Waals surface area contributed by atoms with E-state index in [1.807, 2.05) is 0 Å². The normalized spacial score (nSPS) is 14.0. The van der Waals surface area contributed by atoms with Crippen molar-refractivity contribution in [2.45, 2.75) is 19.3 Å². The van der Waals surface area contributed by atoms with E-state index in [1.165, 1.54) is 12.8 Å². The predicted octanol–water partition coefficient (Wildman–Crippen LogP) is 1.85. The first-order valence-corrected chi connectivity index (χ1v) is 5.99. The molecule has 5 heteroatoms. The number of carboxylic acids is 1. The fourth-order valence-electron chi connectivity index (χ4n) is 1.61. The van der Waals surface area contributed by atoms with Crippen LogP contribution in [0.3, 0.4) is 0 Å². The number of carbonyl (C=O) groups excluding carboxylic acids is 1. The molecule has 0 bridgehead atoms. The van der Waals surface area contributed by atoms with Crippen LogP contribution in [0.1, 0.15) is 18.4 Å². The van der Waals surface area contributed by atoms with Gasteiger partial charge in [0.1, 0.15) is 0 Å². The van der Waals surface area contributed by atoms with Gasteiger partial charge in [0.2, 0.25) is 0 Å². The van der Waals surface area contributed by atoms with Crippen molar-refractivity contribution in [3.63, 3.8) is 0 Å². The molecule has 1 aliphatic carbocycles. The number of benzene rings is 1. The van der Waals surface area contributed by atoms with E-state index < -0.39 is 5.97 Å².